The van der Waals surface area contributed by atoms with Gasteiger partial charge in [0.2, 0.25) is 5.91 Å². The van der Waals surface area contributed by atoms with E-state index < -0.39 is 18.1 Å². The summed E-state index contributed by atoms with van der Waals surface area (Å²) in [6.45, 7) is 8.92. The van der Waals surface area contributed by atoms with Gasteiger partial charge in [0.05, 0.1) is 12.5 Å². The van der Waals surface area contributed by atoms with Crippen molar-refractivity contribution < 1.29 is 14.7 Å². The Morgan fingerprint density at radius 2 is 1.67 bits per heavy atom. The van der Waals surface area contributed by atoms with Crippen molar-refractivity contribution in [3.05, 3.63) is 93.4 Å². The second kappa shape index (κ2) is 13.4. The minimum atomic E-state index is -1.01. The van der Waals surface area contributed by atoms with Crippen molar-refractivity contribution in [2.45, 2.75) is 59.0 Å². The molecule has 7 nitrogen and oxygen atoms in total. The summed E-state index contributed by atoms with van der Waals surface area (Å²) in [6.07, 6.45) is 2.70. The number of nitrogens with one attached hydrogen (secondary N) is 1. The van der Waals surface area contributed by atoms with Crippen molar-refractivity contribution in [1.82, 2.24) is 14.8 Å². The lowest BCUT2D eigenvalue weighted by atomic mass is 9.92. The second-order valence-corrected chi connectivity index (χ2v) is 11.0. The topological polar surface area (TPSA) is 91.6 Å². The van der Waals surface area contributed by atoms with Gasteiger partial charge < -0.3 is 19.9 Å². The fourth-order valence-corrected chi connectivity index (χ4v) is 4.96. The van der Waals surface area contributed by atoms with Crippen molar-refractivity contribution in [3.63, 3.8) is 0 Å². The zero-order valence-corrected chi connectivity index (χ0v) is 23.9. The molecule has 0 saturated heterocycles. The monoisotopic (exact) mass is 531 g/mol. The van der Waals surface area contributed by atoms with Gasteiger partial charge in [-0.05, 0) is 86.1 Å². The van der Waals surface area contributed by atoms with Crippen LogP contribution in [0.4, 0.5) is 0 Å². The lowest BCUT2D eigenvalue weighted by Gasteiger charge is -2.26. The summed E-state index contributed by atoms with van der Waals surface area (Å²) in [4.78, 5) is 40.6. The van der Waals surface area contributed by atoms with Gasteiger partial charge in [0.15, 0.2) is 0 Å². The summed E-state index contributed by atoms with van der Waals surface area (Å²) in [5.41, 5.74) is 5.73. The van der Waals surface area contributed by atoms with E-state index in [1.165, 1.54) is 10.6 Å². The molecule has 0 fully saturated rings. The normalized spacial score (nSPS) is 12.9. The molecule has 39 heavy (non-hydrogen) atoms. The Hall–Kier alpha value is -3.71. The van der Waals surface area contributed by atoms with Crippen LogP contribution in [0.15, 0.2) is 65.6 Å². The number of aliphatic carboxylic acids is 1. The average molecular weight is 532 g/mol. The van der Waals surface area contributed by atoms with E-state index in [0.29, 0.717) is 12.0 Å². The number of carboxylic acids is 1. The van der Waals surface area contributed by atoms with E-state index in [0.717, 1.165) is 40.8 Å². The maximum absolute atomic E-state index is 13.8. The molecule has 3 rings (SSSR count). The molecular formula is C32H41N3O4. The van der Waals surface area contributed by atoms with Gasteiger partial charge in [-0.1, -0.05) is 56.3 Å². The molecule has 2 aromatic carbocycles. The number of hydrogen-bond acceptors (Lipinski definition) is 4. The summed E-state index contributed by atoms with van der Waals surface area (Å²) >= 11 is 0. The smallest absolute Gasteiger partial charge is 0.305 e. The predicted molar refractivity (Wildman–Crippen MR) is 156 cm³/mol. The number of aryl methyl sites for hydroxylation is 2. The standard InChI is InChI=1S/C32H41N3O4/c1-21(2)17-28(35-20-24(13-14-29(35)36)15-16-34(5)6)32(39)33-27(19-30(37)38)25-11-8-12-26(18-25)31-22(3)9-7-10-23(31)4/h7-14,18,20-21,27-28H,15-17,19H2,1-6H3,(H,33,39)(H,37,38). The fraction of sp³-hybridized carbons (Fsp3) is 0.406. The molecule has 0 aliphatic carbocycles. The second-order valence-electron chi connectivity index (χ2n) is 11.0. The number of rotatable bonds is 12. The first-order chi connectivity index (χ1) is 18.5. The highest BCUT2D eigenvalue weighted by atomic mass is 16.4. The molecule has 1 amide bonds. The number of likely N-dealkylation sites (N-methyl/N-ethyl adjacent to an activating group) is 1. The molecule has 0 saturated carbocycles. The number of pyridine rings is 1. The lowest BCUT2D eigenvalue weighted by Crippen LogP contribution is -2.40. The Kier molecular flexibility index (Phi) is 10.2. The van der Waals surface area contributed by atoms with Gasteiger partial charge in [0.25, 0.3) is 5.56 Å². The molecule has 0 radical (unpaired) electrons. The number of carbonyl (C=O) groups excluding carboxylic acids is 1. The molecule has 2 N–H and O–H groups in total. The largest absolute Gasteiger partial charge is 0.481 e. The lowest BCUT2D eigenvalue weighted by molar-refractivity contribution is -0.138. The molecule has 2 atom stereocenters. The predicted octanol–water partition coefficient (Wildman–Crippen LogP) is 5.16. The van der Waals surface area contributed by atoms with Crippen LogP contribution in [-0.2, 0) is 16.0 Å². The molecule has 1 heterocycles. The number of aromatic nitrogens is 1. The molecule has 3 aromatic rings. The first-order valence-corrected chi connectivity index (χ1v) is 13.5. The van der Waals surface area contributed by atoms with Crippen LogP contribution >= 0.6 is 0 Å². The third-order valence-electron chi connectivity index (χ3n) is 6.93. The molecule has 0 spiro atoms. The first-order valence-electron chi connectivity index (χ1n) is 13.5. The summed E-state index contributed by atoms with van der Waals surface area (Å²) in [7, 11) is 3.98. The van der Waals surface area contributed by atoms with E-state index in [-0.39, 0.29) is 23.8 Å². The third-order valence-corrected chi connectivity index (χ3v) is 6.93. The quantitative estimate of drug-likeness (QED) is 0.337. The van der Waals surface area contributed by atoms with Crippen molar-refractivity contribution in [1.29, 1.82) is 0 Å². The average Bonchev–Trinajstić information content (AvgIpc) is 2.86. The zero-order chi connectivity index (χ0) is 28.7. The van der Waals surface area contributed by atoms with Gasteiger partial charge >= 0.3 is 5.97 Å². The SMILES string of the molecule is Cc1cccc(C)c1-c1cccc(C(CC(=O)O)NC(=O)C(CC(C)C)n2cc(CCN(C)C)ccc2=O)c1. The number of amides is 1. The van der Waals surface area contributed by atoms with E-state index in [4.69, 9.17) is 0 Å². The van der Waals surface area contributed by atoms with Crippen LogP contribution in [0.25, 0.3) is 11.1 Å². The van der Waals surface area contributed by atoms with Crippen LogP contribution in [0.5, 0.6) is 0 Å². The molecule has 208 valence electrons. The maximum Gasteiger partial charge on any atom is 0.305 e. The fourth-order valence-electron chi connectivity index (χ4n) is 4.96. The van der Waals surface area contributed by atoms with Crippen LogP contribution in [0, 0.1) is 19.8 Å². The number of carboxylic acid groups (broad SMARTS) is 1. The molecular weight excluding hydrogens is 490 g/mol. The van der Waals surface area contributed by atoms with Crippen LogP contribution < -0.4 is 10.9 Å². The molecule has 1 aromatic heterocycles. The van der Waals surface area contributed by atoms with E-state index in [1.54, 1.807) is 12.3 Å². The Bertz CT molecular complexity index is 1340. The van der Waals surface area contributed by atoms with Gasteiger partial charge in [-0.15, -0.1) is 0 Å². The third kappa shape index (κ3) is 8.14. The molecule has 2 unspecified atom stereocenters. The molecule has 0 bridgehead atoms. The van der Waals surface area contributed by atoms with Gasteiger partial charge in [0, 0.05) is 18.8 Å². The van der Waals surface area contributed by atoms with Crippen molar-refractivity contribution in [3.8, 4) is 11.1 Å². The number of benzene rings is 2. The van der Waals surface area contributed by atoms with Crippen LogP contribution in [0.1, 0.15) is 61.0 Å². The van der Waals surface area contributed by atoms with Crippen LogP contribution in [-0.4, -0.2) is 47.1 Å². The van der Waals surface area contributed by atoms with Gasteiger partial charge in [-0.2, -0.15) is 0 Å². The van der Waals surface area contributed by atoms with Crippen LogP contribution in [0.2, 0.25) is 0 Å². The Morgan fingerprint density at radius 1 is 1.00 bits per heavy atom. The van der Waals surface area contributed by atoms with Crippen molar-refractivity contribution >= 4 is 11.9 Å². The summed E-state index contributed by atoms with van der Waals surface area (Å²) in [5, 5.41) is 12.7. The number of carbonyl (C=O) groups is 2. The minimum absolute atomic E-state index is 0.142. The maximum atomic E-state index is 13.8. The van der Waals surface area contributed by atoms with Gasteiger partial charge in [0.1, 0.15) is 6.04 Å². The van der Waals surface area contributed by atoms with Crippen molar-refractivity contribution in [2.75, 3.05) is 20.6 Å². The van der Waals surface area contributed by atoms with Crippen LogP contribution in [0.3, 0.4) is 0 Å². The Balaban J connectivity index is 1.97. The van der Waals surface area contributed by atoms with E-state index in [1.807, 2.05) is 84.3 Å². The van der Waals surface area contributed by atoms with E-state index in [2.05, 4.69) is 10.2 Å². The zero-order valence-electron chi connectivity index (χ0n) is 23.9. The van der Waals surface area contributed by atoms with Crippen molar-refractivity contribution in [2.24, 2.45) is 5.92 Å². The Labute approximate surface area is 231 Å². The highest BCUT2D eigenvalue weighted by Crippen LogP contribution is 2.30. The first kappa shape index (κ1) is 29.8. The highest BCUT2D eigenvalue weighted by molar-refractivity contribution is 5.82. The van der Waals surface area contributed by atoms with Gasteiger partial charge in [-0.25, -0.2) is 0 Å². The Morgan fingerprint density at radius 3 is 2.28 bits per heavy atom. The van der Waals surface area contributed by atoms with Gasteiger partial charge in [-0.3, -0.25) is 14.4 Å². The number of nitrogens with zero attached hydrogens (tertiary/aromatic N) is 2. The minimum Gasteiger partial charge on any atom is -0.481 e. The van der Waals surface area contributed by atoms with E-state index in [9.17, 15) is 19.5 Å². The molecule has 0 aliphatic rings. The molecule has 7 heteroatoms. The summed E-state index contributed by atoms with van der Waals surface area (Å²) in [5.74, 6) is -1.23. The summed E-state index contributed by atoms with van der Waals surface area (Å²) < 4.78 is 1.51. The summed E-state index contributed by atoms with van der Waals surface area (Å²) in [6, 6.07) is 15.6. The highest BCUT2D eigenvalue weighted by Gasteiger charge is 2.27. The molecule has 0 aliphatic heterocycles. The van der Waals surface area contributed by atoms with E-state index >= 15 is 0 Å². The number of hydrogen-bond donors (Lipinski definition) is 2.